The van der Waals surface area contributed by atoms with E-state index in [2.05, 4.69) is 5.32 Å². The highest BCUT2D eigenvalue weighted by Gasteiger charge is 2.51. The maximum atomic E-state index is 13.2. The number of rotatable bonds is 13. The average molecular weight is 570 g/mol. The number of carbonyl (C=O) groups is 3. The zero-order chi connectivity index (χ0) is 28.5. The molecule has 0 aromatic heterocycles. The number of amides is 2. The van der Waals surface area contributed by atoms with Crippen LogP contribution in [0.4, 0.5) is 14.4 Å². The summed E-state index contributed by atoms with van der Waals surface area (Å²) in [6.07, 6.45) is -2.72. The quantitative estimate of drug-likeness (QED) is 0.165. The predicted octanol–water partition coefficient (Wildman–Crippen LogP) is 2.26. The first-order chi connectivity index (χ1) is 17.8. The molecule has 0 radical (unpaired) electrons. The molecular formula is C21H36N3O13P. The number of aliphatic hydroxyl groups is 1. The molecule has 17 heteroatoms. The Morgan fingerprint density at radius 3 is 2.18 bits per heavy atom. The summed E-state index contributed by atoms with van der Waals surface area (Å²) in [5.74, 6) is 0. The Hall–Kier alpha value is -2.46. The van der Waals surface area contributed by atoms with Gasteiger partial charge in [-0.1, -0.05) is 6.92 Å². The van der Waals surface area contributed by atoms with Crippen molar-refractivity contribution >= 4 is 26.2 Å². The standard InChI is InChI=1S/C21H36N3O13P/c1-6-21(15(25)9-17(37-21)24-8-7-16(22)23-18(24)26)10-32-38(29,33-11-30-19(27)35-13(2)3)34-12-31-20(28)36-14(4)5/h7-8,13-17,25H,6,9-12,22H2,1-5H3,(H,23,26)/t15-,16?,17+,21+/m0/s1. The van der Waals surface area contributed by atoms with E-state index in [1.807, 2.05) is 0 Å². The maximum absolute atomic E-state index is 13.2. The smallest absolute Gasteiger partial charge is 0.432 e. The van der Waals surface area contributed by atoms with Gasteiger partial charge in [0.2, 0.25) is 13.6 Å². The normalized spacial score (nSPS) is 25.4. The monoisotopic (exact) mass is 569 g/mol. The van der Waals surface area contributed by atoms with Crippen molar-refractivity contribution in [3.63, 3.8) is 0 Å². The molecule has 1 saturated heterocycles. The second-order valence-electron chi connectivity index (χ2n) is 8.80. The molecule has 0 aromatic rings. The fourth-order valence-electron chi connectivity index (χ4n) is 3.30. The minimum Gasteiger partial charge on any atom is -0.432 e. The highest BCUT2D eigenvalue weighted by molar-refractivity contribution is 7.48. The lowest BCUT2D eigenvalue weighted by molar-refractivity contribution is -0.135. The number of phosphoric acid groups is 1. The number of nitrogens with zero attached hydrogens (tertiary/aromatic N) is 1. The first-order valence-electron chi connectivity index (χ1n) is 11.9. The van der Waals surface area contributed by atoms with Crippen molar-refractivity contribution in [1.29, 1.82) is 0 Å². The van der Waals surface area contributed by atoms with Crippen LogP contribution >= 0.6 is 7.82 Å². The molecule has 2 aliphatic heterocycles. The van der Waals surface area contributed by atoms with Gasteiger partial charge in [0.15, 0.2) is 0 Å². The molecule has 0 aromatic carbocycles. The second-order valence-corrected chi connectivity index (χ2v) is 10.5. The molecule has 16 nitrogen and oxygen atoms in total. The van der Waals surface area contributed by atoms with E-state index >= 15 is 0 Å². The Morgan fingerprint density at radius 2 is 1.71 bits per heavy atom. The van der Waals surface area contributed by atoms with Crippen molar-refractivity contribution in [3.05, 3.63) is 12.3 Å². The van der Waals surface area contributed by atoms with Crippen LogP contribution < -0.4 is 11.1 Å². The van der Waals surface area contributed by atoms with Gasteiger partial charge in [-0.2, -0.15) is 0 Å². The molecule has 2 heterocycles. The van der Waals surface area contributed by atoms with Gasteiger partial charge in [0.1, 0.15) is 11.8 Å². The summed E-state index contributed by atoms with van der Waals surface area (Å²) in [4.78, 5) is 36.7. The van der Waals surface area contributed by atoms with Gasteiger partial charge in [-0.15, -0.1) is 0 Å². The number of phosphoric ester groups is 1. The fraction of sp³-hybridized carbons (Fsp3) is 0.762. The molecule has 0 spiro atoms. The second kappa shape index (κ2) is 14.1. The molecular weight excluding hydrogens is 533 g/mol. The maximum Gasteiger partial charge on any atom is 0.510 e. The van der Waals surface area contributed by atoms with Crippen molar-refractivity contribution in [2.45, 2.75) is 83.8 Å². The van der Waals surface area contributed by atoms with E-state index in [0.717, 1.165) is 0 Å². The van der Waals surface area contributed by atoms with Gasteiger partial charge in [-0.05, 0) is 40.2 Å². The van der Waals surface area contributed by atoms with Gasteiger partial charge in [0, 0.05) is 12.6 Å². The number of ether oxygens (including phenoxy) is 5. The SMILES string of the molecule is CC[C@]1(COP(=O)(OCOC(=O)OC(C)C)OCOC(=O)OC(C)C)O[C@@H](N2C=CC(N)NC2=O)C[C@@H]1O. The van der Waals surface area contributed by atoms with Crippen molar-refractivity contribution in [2.75, 3.05) is 20.2 Å². The van der Waals surface area contributed by atoms with Crippen LogP contribution in [-0.4, -0.2) is 84.8 Å². The van der Waals surface area contributed by atoms with Crippen LogP contribution in [-0.2, 0) is 41.8 Å². The molecule has 2 rings (SSSR count). The van der Waals surface area contributed by atoms with E-state index in [4.69, 9.17) is 43.0 Å². The molecule has 1 fully saturated rings. The average Bonchev–Trinajstić information content (AvgIpc) is 3.13. The number of carbonyl (C=O) groups excluding carboxylic acids is 3. The summed E-state index contributed by atoms with van der Waals surface area (Å²) < 4.78 is 53.6. The van der Waals surface area contributed by atoms with E-state index in [9.17, 15) is 24.1 Å². The van der Waals surface area contributed by atoms with E-state index in [-0.39, 0.29) is 12.8 Å². The number of hydrogen-bond donors (Lipinski definition) is 3. The third kappa shape index (κ3) is 9.38. The number of urea groups is 1. The van der Waals surface area contributed by atoms with E-state index in [1.165, 1.54) is 17.2 Å². The van der Waals surface area contributed by atoms with Crippen LogP contribution in [0.15, 0.2) is 12.3 Å². The molecule has 0 saturated carbocycles. The van der Waals surface area contributed by atoms with E-state index in [1.54, 1.807) is 34.6 Å². The lowest BCUT2D eigenvalue weighted by Crippen LogP contribution is -2.53. The largest absolute Gasteiger partial charge is 0.510 e. The molecule has 4 atom stereocenters. The van der Waals surface area contributed by atoms with Crippen LogP contribution in [0.1, 0.15) is 47.5 Å². The summed E-state index contributed by atoms with van der Waals surface area (Å²) in [5.41, 5.74) is 4.22. The van der Waals surface area contributed by atoms with Crippen molar-refractivity contribution in [1.82, 2.24) is 10.2 Å². The lowest BCUT2D eigenvalue weighted by Gasteiger charge is -2.34. The first-order valence-corrected chi connectivity index (χ1v) is 13.3. The predicted molar refractivity (Wildman–Crippen MR) is 127 cm³/mol. The van der Waals surface area contributed by atoms with Crippen LogP contribution in [0.2, 0.25) is 0 Å². The number of nitrogens with two attached hydrogens (primary N) is 1. The topological polar surface area (TPSA) is 204 Å². The Kier molecular flexibility index (Phi) is 11.8. The highest BCUT2D eigenvalue weighted by Crippen LogP contribution is 2.51. The summed E-state index contributed by atoms with van der Waals surface area (Å²) in [6, 6.07) is -0.529. The third-order valence-electron chi connectivity index (χ3n) is 5.20. The summed E-state index contributed by atoms with van der Waals surface area (Å²) in [7, 11) is -4.59. The number of nitrogens with one attached hydrogen (secondary N) is 1. The van der Waals surface area contributed by atoms with Crippen molar-refractivity contribution in [2.24, 2.45) is 5.73 Å². The zero-order valence-electron chi connectivity index (χ0n) is 21.9. The Balaban J connectivity index is 2.07. The molecule has 2 aliphatic rings. The van der Waals surface area contributed by atoms with Gasteiger partial charge < -0.3 is 39.8 Å². The summed E-state index contributed by atoms with van der Waals surface area (Å²) in [5, 5.41) is 13.3. The molecule has 0 bridgehead atoms. The van der Waals surface area contributed by atoms with Crippen LogP contribution in [0.5, 0.6) is 0 Å². The highest BCUT2D eigenvalue weighted by atomic mass is 31.2. The fourth-order valence-corrected chi connectivity index (χ4v) is 4.27. The van der Waals surface area contributed by atoms with E-state index in [0.29, 0.717) is 0 Å². The van der Waals surface area contributed by atoms with Gasteiger partial charge in [0.25, 0.3) is 0 Å². The van der Waals surface area contributed by atoms with Gasteiger partial charge in [-0.3, -0.25) is 9.42 Å². The van der Waals surface area contributed by atoms with E-state index < -0.39 is 82.7 Å². The minimum absolute atomic E-state index is 0.00449. The third-order valence-corrected chi connectivity index (χ3v) is 6.48. The Labute approximate surface area is 220 Å². The van der Waals surface area contributed by atoms with Crippen LogP contribution in [0.3, 0.4) is 0 Å². The number of aliphatic hydroxyl groups excluding tert-OH is 1. The van der Waals surface area contributed by atoms with Gasteiger partial charge >= 0.3 is 26.2 Å². The zero-order valence-corrected chi connectivity index (χ0v) is 22.8. The van der Waals surface area contributed by atoms with Crippen LogP contribution in [0.25, 0.3) is 0 Å². The molecule has 38 heavy (non-hydrogen) atoms. The summed E-state index contributed by atoms with van der Waals surface area (Å²) in [6.45, 7) is 5.71. The Bertz CT molecular complexity index is 870. The lowest BCUT2D eigenvalue weighted by atomic mass is 9.95. The van der Waals surface area contributed by atoms with Gasteiger partial charge in [0.05, 0.1) is 31.1 Å². The molecule has 218 valence electrons. The first kappa shape index (κ1) is 31.8. The molecule has 2 amide bonds. The Morgan fingerprint density at radius 1 is 1.16 bits per heavy atom. The summed E-state index contributed by atoms with van der Waals surface area (Å²) >= 11 is 0. The van der Waals surface area contributed by atoms with Crippen LogP contribution in [0, 0.1) is 0 Å². The van der Waals surface area contributed by atoms with Crippen molar-refractivity contribution in [3.8, 4) is 0 Å². The minimum atomic E-state index is -4.59. The molecule has 4 N–H and O–H groups in total. The number of hydrogen-bond acceptors (Lipinski definition) is 14. The molecule has 0 aliphatic carbocycles. The van der Waals surface area contributed by atoms with Crippen molar-refractivity contribution < 1.29 is 61.3 Å². The van der Waals surface area contributed by atoms with Gasteiger partial charge in [-0.25, -0.2) is 28.0 Å². The molecule has 1 unspecified atom stereocenters.